The lowest BCUT2D eigenvalue weighted by atomic mass is 9.89. The van der Waals surface area contributed by atoms with Gasteiger partial charge in [0.05, 0.1) is 10.5 Å². The number of sulfone groups is 1. The third-order valence-corrected chi connectivity index (χ3v) is 9.62. The molecule has 2 aromatic carbocycles. The molecular weight excluding hydrogens is 436 g/mol. The van der Waals surface area contributed by atoms with Crippen molar-refractivity contribution in [2.24, 2.45) is 0 Å². The highest BCUT2D eigenvalue weighted by molar-refractivity contribution is 7.92. The molecule has 1 saturated heterocycles. The van der Waals surface area contributed by atoms with E-state index in [1.807, 2.05) is 6.07 Å². The van der Waals surface area contributed by atoms with Gasteiger partial charge in [0.25, 0.3) is 0 Å². The fraction of sp³-hybridized carbons (Fsp3) is 0.458. The van der Waals surface area contributed by atoms with Crippen LogP contribution in [-0.2, 0) is 26.5 Å². The van der Waals surface area contributed by atoms with Crippen molar-refractivity contribution in [1.82, 2.24) is 5.32 Å². The van der Waals surface area contributed by atoms with Crippen molar-refractivity contribution < 1.29 is 27.1 Å². The molecule has 32 heavy (non-hydrogen) atoms. The molecule has 3 atom stereocenters. The van der Waals surface area contributed by atoms with Crippen LogP contribution in [0.25, 0.3) is 0 Å². The smallest absolute Gasteiger partial charge is 0.303 e. The van der Waals surface area contributed by atoms with Crippen LogP contribution in [0.1, 0.15) is 54.5 Å². The lowest BCUT2D eigenvalue weighted by Gasteiger charge is -2.35. The monoisotopic (exact) mass is 463 g/mol. The summed E-state index contributed by atoms with van der Waals surface area (Å²) in [6, 6.07) is 10.7. The highest BCUT2D eigenvalue weighted by Crippen LogP contribution is 2.53. The number of hydrogen-bond donors (Lipinski definition) is 2. The lowest BCUT2D eigenvalue weighted by molar-refractivity contribution is -0.137. The minimum atomic E-state index is -3.66. The zero-order chi connectivity index (χ0) is 23.1. The lowest BCUT2D eigenvalue weighted by Crippen LogP contribution is -2.53. The van der Waals surface area contributed by atoms with Gasteiger partial charge in [-0.2, -0.15) is 0 Å². The van der Waals surface area contributed by atoms with E-state index < -0.39 is 49.4 Å². The molecule has 2 aliphatic rings. The summed E-state index contributed by atoms with van der Waals surface area (Å²) in [5.41, 5.74) is 0.260. The Hall–Kier alpha value is -2.32. The maximum Gasteiger partial charge on any atom is 0.303 e. The Labute approximate surface area is 186 Å². The number of benzene rings is 2. The number of nitrogens with one attached hydrogen (secondary N) is 1. The summed E-state index contributed by atoms with van der Waals surface area (Å²) in [4.78, 5) is 10.9. The van der Waals surface area contributed by atoms with E-state index in [0.717, 1.165) is 12.1 Å². The minimum Gasteiger partial charge on any atom is -0.481 e. The van der Waals surface area contributed by atoms with Gasteiger partial charge < -0.3 is 10.4 Å². The highest BCUT2D eigenvalue weighted by Gasteiger charge is 2.47. The summed E-state index contributed by atoms with van der Waals surface area (Å²) in [7, 11) is -3.66. The van der Waals surface area contributed by atoms with Crippen molar-refractivity contribution >= 4 is 15.8 Å². The number of carboxylic acid groups (broad SMARTS) is 1. The van der Waals surface area contributed by atoms with Gasteiger partial charge in [-0.15, -0.1) is 0 Å². The molecule has 1 aliphatic heterocycles. The Morgan fingerprint density at radius 3 is 2.47 bits per heavy atom. The number of hydrogen-bond acceptors (Lipinski definition) is 4. The first-order chi connectivity index (χ1) is 15.1. The Balaban J connectivity index is 1.60. The largest absolute Gasteiger partial charge is 0.481 e. The molecule has 1 aliphatic carbocycles. The second-order valence-electron chi connectivity index (χ2n) is 9.03. The van der Waals surface area contributed by atoms with Crippen molar-refractivity contribution in [1.29, 1.82) is 0 Å². The van der Waals surface area contributed by atoms with Gasteiger partial charge in [0.2, 0.25) is 0 Å². The molecule has 2 aromatic rings. The van der Waals surface area contributed by atoms with Crippen molar-refractivity contribution in [2.45, 2.75) is 61.0 Å². The number of aliphatic carboxylic acids is 1. The van der Waals surface area contributed by atoms with Gasteiger partial charge in [0, 0.05) is 19.0 Å². The Morgan fingerprint density at radius 2 is 1.84 bits per heavy atom. The molecule has 0 radical (unpaired) electrons. The zero-order valence-corrected chi connectivity index (χ0v) is 18.7. The first-order valence-electron chi connectivity index (χ1n) is 10.9. The van der Waals surface area contributed by atoms with E-state index in [9.17, 15) is 17.6 Å². The van der Waals surface area contributed by atoms with Crippen LogP contribution in [0, 0.1) is 11.6 Å². The van der Waals surface area contributed by atoms with Gasteiger partial charge in [-0.3, -0.25) is 4.79 Å². The molecular formula is C24H27F2NO4S. The van der Waals surface area contributed by atoms with Crippen molar-refractivity contribution in [3.05, 3.63) is 70.8 Å². The summed E-state index contributed by atoms with van der Waals surface area (Å²) in [6.45, 7) is 2.02. The van der Waals surface area contributed by atoms with Gasteiger partial charge in [-0.05, 0) is 66.8 Å². The molecule has 1 saturated carbocycles. The SMILES string of the molecule is C[C@@H]1NC[C@@H](c2ccccc2)S(=O)(=O)C1Cc1cc(F)c(C2(CCC(=O)O)CC2)cc1F. The van der Waals surface area contributed by atoms with Gasteiger partial charge in [0.1, 0.15) is 11.6 Å². The zero-order valence-electron chi connectivity index (χ0n) is 17.9. The van der Waals surface area contributed by atoms with Gasteiger partial charge in [0.15, 0.2) is 9.84 Å². The molecule has 1 heterocycles. The first kappa shape index (κ1) is 22.9. The van der Waals surface area contributed by atoms with Gasteiger partial charge in [-0.25, -0.2) is 17.2 Å². The van der Waals surface area contributed by atoms with Crippen molar-refractivity contribution in [3.8, 4) is 0 Å². The second-order valence-corrected chi connectivity index (χ2v) is 11.4. The summed E-state index contributed by atoms with van der Waals surface area (Å²) < 4.78 is 56.8. The number of carbonyl (C=O) groups is 1. The second kappa shape index (κ2) is 8.56. The molecule has 1 unspecified atom stereocenters. The molecule has 5 nitrogen and oxygen atoms in total. The molecule has 2 fully saturated rings. The van der Waals surface area contributed by atoms with Crippen molar-refractivity contribution in [2.75, 3.05) is 6.54 Å². The van der Waals surface area contributed by atoms with Crippen LogP contribution in [0.5, 0.6) is 0 Å². The summed E-state index contributed by atoms with van der Waals surface area (Å²) in [5, 5.41) is 10.5. The van der Waals surface area contributed by atoms with Crippen LogP contribution in [0.15, 0.2) is 42.5 Å². The van der Waals surface area contributed by atoms with Crippen LogP contribution in [-0.4, -0.2) is 37.3 Å². The maximum absolute atomic E-state index is 15.0. The molecule has 172 valence electrons. The van der Waals surface area contributed by atoms with E-state index in [1.165, 1.54) is 0 Å². The molecule has 0 spiro atoms. The predicted octanol–water partition coefficient (Wildman–Crippen LogP) is 3.92. The van der Waals surface area contributed by atoms with Crippen LogP contribution in [0.2, 0.25) is 0 Å². The van der Waals surface area contributed by atoms with E-state index in [2.05, 4.69) is 5.32 Å². The van der Waals surface area contributed by atoms with Gasteiger partial charge in [-0.1, -0.05) is 30.3 Å². The number of rotatable bonds is 7. The third kappa shape index (κ3) is 4.30. The fourth-order valence-corrected chi connectivity index (χ4v) is 7.19. The molecule has 0 aromatic heterocycles. The van der Waals surface area contributed by atoms with Crippen LogP contribution < -0.4 is 5.32 Å². The Bertz CT molecular complexity index is 1120. The normalized spacial score (nSPS) is 25.9. The average molecular weight is 464 g/mol. The number of halogens is 2. The van der Waals surface area contributed by atoms with Crippen LogP contribution >= 0.6 is 0 Å². The number of carboxylic acids is 1. The minimum absolute atomic E-state index is 0.0243. The van der Waals surface area contributed by atoms with Gasteiger partial charge >= 0.3 is 5.97 Å². The third-order valence-electron chi connectivity index (χ3n) is 6.97. The molecule has 8 heteroatoms. The van der Waals surface area contributed by atoms with Crippen LogP contribution in [0.4, 0.5) is 8.78 Å². The van der Waals surface area contributed by atoms with Crippen molar-refractivity contribution in [3.63, 3.8) is 0 Å². The van der Waals surface area contributed by atoms with Crippen LogP contribution in [0.3, 0.4) is 0 Å². The quantitative estimate of drug-likeness (QED) is 0.650. The van der Waals surface area contributed by atoms with E-state index in [1.54, 1.807) is 31.2 Å². The Morgan fingerprint density at radius 1 is 1.16 bits per heavy atom. The summed E-state index contributed by atoms with van der Waals surface area (Å²) >= 11 is 0. The summed E-state index contributed by atoms with van der Waals surface area (Å²) in [6.07, 6.45) is 1.26. The first-order valence-corrected chi connectivity index (χ1v) is 12.5. The Kier molecular flexibility index (Phi) is 6.11. The standard InChI is InChI=1S/C24H27F2NO4S/c1-15-21(32(30,31)22(14-27-15)16-5-3-2-4-6-16)12-17-11-20(26)18(13-19(17)25)24(9-10-24)8-7-23(28)29/h2-6,11,13,15,21-22,27H,7-10,12,14H2,1H3,(H,28,29)/t15-,21?,22-/m0/s1. The molecule has 0 amide bonds. The topological polar surface area (TPSA) is 83.5 Å². The summed E-state index contributed by atoms with van der Waals surface area (Å²) in [5.74, 6) is -2.21. The predicted molar refractivity (Wildman–Crippen MR) is 117 cm³/mol. The van der Waals surface area contributed by atoms with E-state index in [0.29, 0.717) is 18.4 Å². The highest BCUT2D eigenvalue weighted by atomic mass is 32.2. The molecule has 2 N–H and O–H groups in total. The van der Waals surface area contributed by atoms with E-state index in [-0.39, 0.29) is 36.9 Å². The van der Waals surface area contributed by atoms with E-state index in [4.69, 9.17) is 5.11 Å². The molecule has 4 rings (SSSR count). The fourth-order valence-electron chi connectivity index (χ4n) is 4.82. The average Bonchev–Trinajstić information content (AvgIpc) is 3.53. The van der Waals surface area contributed by atoms with E-state index >= 15 is 4.39 Å². The molecule has 0 bridgehead atoms. The maximum atomic E-state index is 15.0.